The number of piperidine rings is 1. The molecule has 0 saturated carbocycles. The normalized spacial score (nSPS) is 28.5. The van der Waals surface area contributed by atoms with Gasteiger partial charge < -0.3 is 10.1 Å². The van der Waals surface area contributed by atoms with E-state index < -0.39 is 12.0 Å². The van der Waals surface area contributed by atoms with Gasteiger partial charge in [0.1, 0.15) is 5.15 Å². The van der Waals surface area contributed by atoms with Gasteiger partial charge in [-0.3, -0.25) is 9.88 Å². The highest BCUT2D eigenvalue weighted by Crippen LogP contribution is 2.46. The van der Waals surface area contributed by atoms with Crippen LogP contribution in [0.2, 0.25) is 5.15 Å². The molecule has 2 aromatic heterocycles. The summed E-state index contributed by atoms with van der Waals surface area (Å²) in [5.74, 6) is 0.461. The lowest BCUT2D eigenvalue weighted by Gasteiger charge is -2.61. The van der Waals surface area contributed by atoms with E-state index >= 15 is 0 Å². The van der Waals surface area contributed by atoms with Gasteiger partial charge in [0, 0.05) is 40.6 Å². The van der Waals surface area contributed by atoms with E-state index in [1.807, 2.05) is 4.90 Å². The van der Waals surface area contributed by atoms with Gasteiger partial charge in [-0.1, -0.05) is 17.7 Å². The third-order valence-electron chi connectivity index (χ3n) is 4.49. The minimum atomic E-state index is -1.69. The van der Waals surface area contributed by atoms with Gasteiger partial charge in [-0.15, -0.1) is 0 Å². The summed E-state index contributed by atoms with van der Waals surface area (Å²) in [6.45, 7) is -0.333. The summed E-state index contributed by atoms with van der Waals surface area (Å²) < 4.78 is 22.6. The number of pyridine rings is 1. The van der Waals surface area contributed by atoms with E-state index in [4.69, 9.17) is 19.1 Å². The second kappa shape index (κ2) is 5.70. The minimum absolute atomic E-state index is 0.0864. The van der Waals surface area contributed by atoms with E-state index in [1.165, 1.54) is 19.5 Å². The number of ether oxygens (including phenoxy) is 1. The summed E-state index contributed by atoms with van der Waals surface area (Å²) in [5.41, 5.74) is 0.682. The lowest BCUT2D eigenvalue weighted by atomic mass is 9.72. The van der Waals surface area contributed by atoms with Crippen LogP contribution >= 0.6 is 11.6 Å². The van der Waals surface area contributed by atoms with Crippen LogP contribution in [-0.2, 0) is 12.0 Å². The van der Waals surface area contributed by atoms with Crippen molar-refractivity contribution in [3.8, 4) is 5.88 Å². The van der Waals surface area contributed by atoms with Crippen LogP contribution in [0.25, 0.3) is 0 Å². The van der Waals surface area contributed by atoms with Crippen LogP contribution in [0.5, 0.6) is 5.88 Å². The Balaban J connectivity index is 1.72. The maximum Gasteiger partial charge on any atom is 0.212 e. The van der Waals surface area contributed by atoms with Gasteiger partial charge in [0.15, 0.2) is 0 Å². The number of rotatable bonds is 4. The fraction of sp³-hybridized carbons (Fsp3) is 0.438. The molecular formula is C16H18ClN5O. The number of aromatic nitrogens is 3. The zero-order valence-electron chi connectivity index (χ0n) is 14.7. The molecule has 2 bridgehead atoms. The lowest BCUT2D eigenvalue weighted by molar-refractivity contribution is -0.114. The van der Waals surface area contributed by atoms with Gasteiger partial charge in [0.25, 0.3) is 0 Å². The van der Waals surface area contributed by atoms with Gasteiger partial charge in [0.05, 0.1) is 30.7 Å². The van der Waals surface area contributed by atoms with Gasteiger partial charge in [0.2, 0.25) is 5.88 Å². The average molecular weight is 334 g/mol. The number of hydrogen-bond donors (Lipinski definition) is 1. The zero-order valence-corrected chi connectivity index (χ0v) is 13.4. The molecule has 2 aliphatic rings. The average Bonchev–Trinajstić information content (AvgIpc) is 2.62. The Kier molecular flexibility index (Phi) is 3.13. The predicted octanol–water partition coefficient (Wildman–Crippen LogP) is 1.61. The summed E-state index contributed by atoms with van der Waals surface area (Å²) in [6, 6.07) is 3.48. The smallest absolute Gasteiger partial charge is 0.212 e. The van der Waals surface area contributed by atoms with E-state index in [0.717, 1.165) is 18.7 Å². The molecule has 2 atom stereocenters. The van der Waals surface area contributed by atoms with Crippen molar-refractivity contribution in [3.05, 3.63) is 47.1 Å². The zero-order chi connectivity index (χ0) is 17.7. The molecule has 2 fully saturated rings. The molecular weight excluding hydrogens is 314 g/mol. The van der Waals surface area contributed by atoms with Crippen LogP contribution in [0.4, 0.5) is 0 Å². The second-order valence-electron chi connectivity index (χ2n) is 5.82. The van der Waals surface area contributed by atoms with Gasteiger partial charge >= 0.3 is 0 Å². The highest BCUT2D eigenvalue weighted by atomic mass is 35.5. The summed E-state index contributed by atoms with van der Waals surface area (Å²) in [4.78, 5) is 14.6. The van der Waals surface area contributed by atoms with Crippen molar-refractivity contribution in [3.63, 3.8) is 0 Å². The van der Waals surface area contributed by atoms with Crippen LogP contribution < -0.4 is 10.1 Å². The number of nitrogens with zero attached hydrogens (tertiary/aromatic N) is 4. The second-order valence-corrected chi connectivity index (χ2v) is 6.20. The number of hydrogen-bond acceptors (Lipinski definition) is 6. The summed E-state index contributed by atoms with van der Waals surface area (Å²) in [6.07, 6.45) is 5.51. The van der Waals surface area contributed by atoms with Gasteiger partial charge in [-0.05, 0) is 12.0 Å². The number of nitrogens with one attached hydrogen (secondary N) is 1. The molecule has 0 radical (unpaired) electrons. The molecule has 2 aromatic rings. The van der Waals surface area contributed by atoms with Crippen molar-refractivity contribution >= 4 is 11.6 Å². The molecule has 0 aromatic carbocycles. The number of fused-ring (bicyclic) bond motifs is 2. The third-order valence-corrected chi connectivity index (χ3v) is 4.68. The Morgan fingerprint density at radius 2 is 2.30 bits per heavy atom. The SMILES string of the molecule is [2H]C([2H])(c1ccc(OC)nc1)N1C2CNCC1(c1cnc(Cl)cn1)C2. The summed E-state index contributed by atoms with van der Waals surface area (Å²) in [7, 11) is 1.54. The Morgan fingerprint density at radius 1 is 1.39 bits per heavy atom. The molecule has 4 rings (SSSR count). The first-order chi connectivity index (χ1) is 12.0. The minimum Gasteiger partial charge on any atom is -0.481 e. The van der Waals surface area contributed by atoms with E-state index in [1.54, 1.807) is 18.3 Å². The van der Waals surface area contributed by atoms with Crippen molar-refractivity contribution in [1.29, 1.82) is 0 Å². The molecule has 0 spiro atoms. The number of halogens is 1. The van der Waals surface area contributed by atoms with E-state index in [0.29, 0.717) is 23.1 Å². The van der Waals surface area contributed by atoms with Crippen LogP contribution in [-0.4, -0.2) is 46.1 Å². The van der Waals surface area contributed by atoms with Crippen LogP contribution in [0, 0.1) is 0 Å². The molecule has 2 unspecified atom stereocenters. The molecule has 1 N–H and O–H groups in total. The van der Waals surface area contributed by atoms with Gasteiger partial charge in [-0.2, -0.15) is 0 Å². The molecule has 7 heteroatoms. The van der Waals surface area contributed by atoms with E-state index in [-0.39, 0.29) is 6.04 Å². The first-order valence-electron chi connectivity index (χ1n) is 8.46. The number of piperazine rings is 1. The molecule has 2 saturated heterocycles. The van der Waals surface area contributed by atoms with Crippen LogP contribution in [0.15, 0.2) is 30.7 Å². The van der Waals surface area contributed by atoms with E-state index in [2.05, 4.69) is 20.3 Å². The van der Waals surface area contributed by atoms with Crippen molar-refractivity contribution in [2.75, 3.05) is 20.2 Å². The maximum atomic E-state index is 8.78. The van der Waals surface area contributed by atoms with Gasteiger partial charge in [-0.25, -0.2) is 9.97 Å². The molecule has 0 aliphatic carbocycles. The summed E-state index contributed by atoms with van der Waals surface area (Å²) >= 11 is 5.86. The van der Waals surface area contributed by atoms with Crippen molar-refractivity contribution in [2.24, 2.45) is 0 Å². The third kappa shape index (κ3) is 2.47. The molecule has 23 heavy (non-hydrogen) atoms. The Bertz CT molecular complexity index is 769. The first kappa shape index (κ1) is 12.6. The largest absolute Gasteiger partial charge is 0.481 e. The molecule has 0 amide bonds. The summed E-state index contributed by atoms with van der Waals surface area (Å²) in [5, 5.41) is 3.69. The predicted molar refractivity (Wildman–Crippen MR) is 86.3 cm³/mol. The quantitative estimate of drug-likeness (QED) is 0.917. The molecule has 120 valence electrons. The monoisotopic (exact) mass is 333 g/mol. The number of methoxy groups -OCH3 is 1. The Hall–Kier alpha value is -1.76. The Morgan fingerprint density at radius 3 is 2.96 bits per heavy atom. The van der Waals surface area contributed by atoms with Crippen LogP contribution in [0.3, 0.4) is 0 Å². The van der Waals surface area contributed by atoms with Crippen molar-refractivity contribution in [1.82, 2.24) is 25.2 Å². The topological polar surface area (TPSA) is 63.2 Å². The molecule has 4 heterocycles. The molecule has 6 nitrogen and oxygen atoms in total. The lowest BCUT2D eigenvalue weighted by Crippen LogP contribution is -2.73. The van der Waals surface area contributed by atoms with E-state index in [9.17, 15) is 0 Å². The highest BCUT2D eigenvalue weighted by Gasteiger charge is 2.56. The fourth-order valence-electron chi connectivity index (χ4n) is 3.36. The maximum absolute atomic E-state index is 8.78. The first-order valence-corrected chi connectivity index (χ1v) is 7.84. The van der Waals surface area contributed by atoms with Crippen LogP contribution in [0.1, 0.15) is 20.4 Å². The van der Waals surface area contributed by atoms with Crippen molar-refractivity contribution < 1.29 is 7.48 Å². The fourth-order valence-corrected chi connectivity index (χ4v) is 3.46. The Labute approximate surface area is 142 Å². The highest BCUT2D eigenvalue weighted by molar-refractivity contribution is 6.29. The van der Waals surface area contributed by atoms with Crippen molar-refractivity contribution in [2.45, 2.75) is 24.5 Å². The molecule has 2 aliphatic heterocycles. The standard InChI is InChI=1S/C16H18ClN5O/c1-23-15-3-2-11(5-21-15)9-22-12-4-16(22,10-18-6-12)13-7-20-14(17)8-19-13/h2-3,5,7-8,12,18H,4,6,9-10H2,1H3/i9D2.